The van der Waals surface area contributed by atoms with Crippen molar-refractivity contribution in [1.82, 2.24) is 9.80 Å². The molecule has 0 bridgehead atoms. The Balaban J connectivity index is 0.00000113. The fourth-order valence-corrected chi connectivity index (χ4v) is 8.96. The van der Waals surface area contributed by atoms with Crippen LogP contribution in [0.5, 0.6) is 0 Å². The minimum Gasteiger partial charge on any atom is -1.00 e. The molecule has 414 valence electrons. The zero-order valence-electron chi connectivity index (χ0n) is 48.3. The number of carbonyl (C=O) groups excluding carboxylic acids is 5. The van der Waals surface area contributed by atoms with Gasteiger partial charge in [-0.2, -0.15) is 8.42 Å². The fourth-order valence-electron chi connectivity index (χ4n) is 8.33. The molecule has 2 aliphatic heterocycles. The Labute approximate surface area is 608 Å². The number of fused-ring (bicyclic) bond motifs is 6. The van der Waals surface area contributed by atoms with Gasteiger partial charge in [-0.25, -0.2) is 19.2 Å². The zero-order valence-corrected chi connectivity index (χ0v) is 60.7. The van der Waals surface area contributed by atoms with Crippen molar-refractivity contribution in [2.24, 2.45) is 10.3 Å². The Kier molecular flexibility index (Phi) is 33.7. The average Bonchev–Trinajstić information content (AvgIpc) is 4.19. The Bertz CT molecular complexity index is 2860. The SMILES string of the molecule is C.COC(=O)[C@@H]1C[C@@H](ON=C2c3ccccc3-c3ccccc32)CN1C(=O)OC(C)(C)C.COC(=O)[C@@H]1C[C@@H](OS(C)(=O)=O)CN1C(=O)OC(C)(C)C.O=CO[O-].ON=C1c2ccccc2-c2ccccc21.[B]B([B])B([B])B([B])[B].[Cs+].[Cs+].[H-]. The van der Waals surface area contributed by atoms with Gasteiger partial charge >= 0.3 is 162 Å². The molecule has 2 saturated heterocycles. The van der Waals surface area contributed by atoms with E-state index in [2.05, 4.69) is 32.1 Å². The van der Waals surface area contributed by atoms with E-state index in [0.29, 0.717) is 5.71 Å². The number of likely N-dealkylation sites (tertiary alicyclic amines) is 2. The zero-order chi connectivity index (χ0) is 59.0. The van der Waals surface area contributed by atoms with Gasteiger partial charge in [0.2, 0.25) is 0 Å². The van der Waals surface area contributed by atoms with Gasteiger partial charge in [0.05, 0.1) is 39.7 Å². The molecule has 2 aliphatic carbocycles. The minimum absolute atomic E-state index is 0. The van der Waals surface area contributed by atoms with Crippen molar-refractivity contribution in [3.8, 4) is 22.3 Å². The number of benzene rings is 4. The molecule has 20 nitrogen and oxygen atoms in total. The Hall–Kier alpha value is -2.74. The summed E-state index contributed by atoms with van der Waals surface area (Å²) in [5.74, 6) is -1.14. The number of hydrogen-bond donors (Lipinski definition) is 1. The van der Waals surface area contributed by atoms with Crippen molar-refractivity contribution in [3.63, 3.8) is 0 Å². The van der Waals surface area contributed by atoms with Gasteiger partial charge in [-0.3, -0.25) is 18.8 Å². The van der Waals surface area contributed by atoms with E-state index in [0.717, 1.165) is 61.4 Å². The van der Waals surface area contributed by atoms with Crippen LogP contribution in [0.25, 0.3) is 22.3 Å². The molecule has 4 aliphatic rings. The van der Waals surface area contributed by atoms with Gasteiger partial charge in [0.25, 0.3) is 16.6 Å². The minimum atomic E-state index is -3.68. The summed E-state index contributed by atoms with van der Waals surface area (Å²) in [4.78, 5) is 68.3. The van der Waals surface area contributed by atoms with Crippen molar-refractivity contribution in [2.45, 2.75) is 97.3 Å². The van der Waals surface area contributed by atoms with Crippen LogP contribution in [0.15, 0.2) is 107 Å². The molecule has 2 heterocycles. The van der Waals surface area contributed by atoms with Crippen LogP contribution in [-0.4, -0.2) is 192 Å². The topological polar surface area (TPSA) is 259 Å². The standard InChI is InChI=1S/C24H26N2O5.C13H9NO.C12H21NO7S.CH2O3.CH4.B8.2Cs.H/c1-24(2,3)30-23(28)26-14-15(13-20(26)22(27)29-4)31-25-21-18-11-7-5-9-16(18)17-10-6-8-12-19(17)21;15-14-13-11-7-3-1-5-9(11)10-6-2-4-8-12(10)13;1-12(2,3)19-11(15)13-7-8(20-21(5,16)17)6-9(13)10(14)18-4;2-1-4-3;;1-6(2)8(5)7(3)4;;;/h5-12,15,20H,13-14H2,1-4H3;1-8,15H;8-9H,6-7H2,1-5H3;1,3H;1H4;;;;/q;;;;;;2*+1;-1/p-1/t15-,20+;;8-,9+;;;;;;/m1.1....../s1. The van der Waals surface area contributed by atoms with Crippen LogP contribution in [-0.2, 0) is 57.4 Å². The second-order valence-corrected chi connectivity index (χ2v) is 21.6. The van der Waals surface area contributed by atoms with Crippen molar-refractivity contribution < 1.29 is 215 Å². The molecule has 4 aromatic rings. The quantitative estimate of drug-likeness (QED) is 0.0230. The maximum absolute atomic E-state index is 12.6. The monoisotopic (exact) mass is 1370 g/mol. The third-order valence-electron chi connectivity index (χ3n) is 11.7. The molecule has 82 heavy (non-hydrogen) atoms. The summed E-state index contributed by atoms with van der Waals surface area (Å²) in [5, 5.41) is 25.3. The van der Waals surface area contributed by atoms with Crippen LogP contribution in [0.1, 0.15) is 85.5 Å². The third-order valence-corrected chi connectivity index (χ3v) is 12.3. The largest absolute Gasteiger partial charge is 1.00 e. The first kappa shape index (κ1) is 77.3. The number of hydrogen-bond acceptors (Lipinski definition) is 18. The predicted molar refractivity (Wildman–Crippen MR) is 309 cm³/mol. The molecule has 10 radical (unpaired) electrons. The molecule has 0 aromatic heterocycles. The fraction of sp³-hybridized carbons (Fsp3) is 0.392. The van der Waals surface area contributed by atoms with E-state index >= 15 is 0 Å². The first-order valence-corrected chi connectivity index (χ1v) is 26.3. The molecular formula is C51H62B8Cs2N4O16S. The average molecular weight is 1370 g/mol. The number of amides is 2. The van der Waals surface area contributed by atoms with E-state index in [1.54, 1.807) is 41.5 Å². The predicted octanol–water partition coefficient (Wildman–Crippen LogP) is -2.46. The molecule has 1 N–H and O–H groups in total. The van der Waals surface area contributed by atoms with Gasteiger partial charge < -0.3 is 40.6 Å². The van der Waals surface area contributed by atoms with Crippen LogP contribution < -0.4 is 143 Å². The first-order chi connectivity index (χ1) is 37.1. The van der Waals surface area contributed by atoms with Crippen molar-refractivity contribution >= 4 is 110 Å². The Morgan fingerprint density at radius 3 is 1.21 bits per heavy atom. The van der Waals surface area contributed by atoms with E-state index in [4.69, 9.17) is 77.2 Å². The summed E-state index contributed by atoms with van der Waals surface area (Å²) < 4.78 is 47.3. The van der Waals surface area contributed by atoms with Crippen molar-refractivity contribution in [3.05, 3.63) is 119 Å². The van der Waals surface area contributed by atoms with Crippen LogP contribution in [0.3, 0.4) is 0 Å². The third kappa shape index (κ3) is 22.8. The van der Waals surface area contributed by atoms with Crippen LogP contribution in [0.2, 0.25) is 0 Å². The molecule has 0 saturated carbocycles. The summed E-state index contributed by atoms with van der Waals surface area (Å²) in [6.45, 7) is 10.4. The van der Waals surface area contributed by atoms with Crippen molar-refractivity contribution in [1.29, 1.82) is 0 Å². The summed E-state index contributed by atoms with van der Waals surface area (Å²) in [6.07, 6.45) is -3.07. The smallest absolute Gasteiger partial charge is 1.00 e. The van der Waals surface area contributed by atoms with E-state index in [1.807, 2.05) is 84.9 Å². The number of ether oxygens (including phenoxy) is 4. The first-order valence-electron chi connectivity index (χ1n) is 24.5. The Morgan fingerprint density at radius 1 is 0.634 bits per heavy atom. The molecular weight excluding hydrogens is 1310 g/mol. The van der Waals surface area contributed by atoms with E-state index in [9.17, 15) is 27.6 Å². The van der Waals surface area contributed by atoms with Crippen LogP contribution in [0, 0.1) is 0 Å². The van der Waals surface area contributed by atoms with Crippen LogP contribution >= 0.6 is 0 Å². The second kappa shape index (κ2) is 35.8. The van der Waals surface area contributed by atoms with Gasteiger partial charge in [0, 0.05) is 92.9 Å². The number of esters is 2. The molecule has 31 heteroatoms. The number of nitrogens with zero attached hydrogens (tertiary/aromatic N) is 4. The number of methoxy groups -OCH3 is 2. The molecule has 0 unspecified atom stereocenters. The number of rotatable bonds is 9. The van der Waals surface area contributed by atoms with Gasteiger partial charge in [-0.15, -0.1) is 0 Å². The van der Waals surface area contributed by atoms with Gasteiger partial charge in [0.1, 0.15) is 40.8 Å². The van der Waals surface area contributed by atoms with E-state index < -0.39 is 88.9 Å². The maximum Gasteiger partial charge on any atom is 1.00 e. The summed E-state index contributed by atoms with van der Waals surface area (Å²) in [7, 11) is 24.6. The molecule has 4 aromatic carbocycles. The molecule has 2 fully saturated rings. The van der Waals surface area contributed by atoms with Crippen LogP contribution in [0.4, 0.5) is 9.59 Å². The van der Waals surface area contributed by atoms with E-state index in [-0.39, 0.29) is 179 Å². The molecule has 8 rings (SSSR count). The summed E-state index contributed by atoms with van der Waals surface area (Å²) >= 11 is 0. The summed E-state index contributed by atoms with van der Waals surface area (Å²) in [5.41, 5.74) is 8.50. The molecule has 4 atom stereocenters. The maximum atomic E-state index is 12.6. The molecule has 2 amide bonds. The number of oxime groups is 2. The molecule has 0 spiro atoms. The second-order valence-electron chi connectivity index (χ2n) is 20.0. The summed E-state index contributed by atoms with van der Waals surface area (Å²) in [6, 6.07) is 30.3. The number of carbonyl (C=O) groups is 5. The van der Waals surface area contributed by atoms with E-state index in [1.165, 1.54) is 19.1 Å². The normalized spacial score (nSPS) is 16.5. The Morgan fingerprint density at radius 2 is 0.939 bits per heavy atom. The van der Waals surface area contributed by atoms with Crippen molar-refractivity contribution in [2.75, 3.05) is 33.6 Å². The van der Waals surface area contributed by atoms with Gasteiger partial charge in [-0.05, 0) is 63.8 Å². The van der Waals surface area contributed by atoms with Gasteiger partial charge in [0.15, 0.2) is 0 Å². The van der Waals surface area contributed by atoms with Gasteiger partial charge in [-0.1, -0.05) is 115 Å².